The van der Waals surface area contributed by atoms with Crippen LogP contribution in [0.1, 0.15) is 53.4 Å². The molecule has 0 saturated carbocycles. The first kappa shape index (κ1) is 30.0. The number of hydrogen-bond acceptors (Lipinski definition) is 12. The Hall–Kier alpha value is -3.59. The second kappa shape index (κ2) is 13.5. The molecule has 1 aliphatic heterocycles. The summed E-state index contributed by atoms with van der Waals surface area (Å²) in [4.78, 5) is 48.3. The molecule has 0 spiro atoms. The summed E-state index contributed by atoms with van der Waals surface area (Å²) in [6.07, 6.45) is 5.37. The Labute approximate surface area is 235 Å². The average molecular weight is 581 g/mol. The summed E-state index contributed by atoms with van der Waals surface area (Å²) in [5, 5.41) is 6.37. The molecule has 0 fully saturated rings. The molecule has 3 N–H and O–H groups in total. The lowest BCUT2D eigenvalue weighted by molar-refractivity contribution is -0.173. The number of aromatic amines is 1. The van der Waals surface area contributed by atoms with Crippen LogP contribution in [0.5, 0.6) is 0 Å². The van der Waals surface area contributed by atoms with E-state index < -0.39 is 23.6 Å². The Morgan fingerprint density at radius 2 is 1.82 bits per heavy atom. The van der Waals surface area contributed by atoms with Crippen LogP contribution in [0.2, 0.25) is 0 Å². The average Bonchev–Trinajstić information content (AvgIpc) is 3.41. The molecule has 3 rings (SSSR count). The van der Waals surface area contributed by atoms with Crippen LogP contribution in [0.4, 0.5) is 5.95 Å². The number of H-pyrrole nitrogens is 1. The number of nitrogens with zero attached hydrogens (tertiary/aromatic N) is 3. The molecular formula is C24H32N6O7S2. The number of nitrogens with one attached hydrogen (secondary N) is 3. The molecule has 13 nitrogen and oxygen atoms in total. The monoisotopic (exact) mass is 580 g/mol. The molecule has 2 aromatic rings. The topological polar surface area (TPSA) is 159 Å². The maximum absolute atomic E-state index is 12.3. The van der Waals surface area contributed by atoms with Crippen molar-refractivity contribution in [1.82, 2.24) is 24.8 Å². The third kappa shape index (κ3) is 7.72. The molecule has 0 aliphatic carbocycles. The molecule has 0 radical (unpaired) electrons. The quantitative estimate of drug-likeness (QED) is 0.137. The van der Waals surface area contributed by atoms with Crippen molar-refractivity contribution < 1.29 is 33.3 Å². The van der Waals surface area contributed by atoms with Gasteiger partial charge in [-0.15, -0.1) is 0 Å². The van der Waals surface area contributed by atoms with Gasteiger partial charge in [0.25, 0.3) is 5.72 Å². The van der Waals surface area contributed by atoms with Crippen LogP contribution in [0, 0.1) is 4.64 Å². The van der Waals surface area contributed by atoms with Gasteiger partial charge in [-0.1, -0.05) is 37.3 Å². The molecule has 2 aromatic heterocycles. The first-order valence-corrected chi connectivity index (χ1v) is 13.2. The number of anilines is 1. The molecule has 1 aliphatic rings. The van der Waals surface area contributed by atoms with Gasteiger partial charge >= 0.3 is 17.9 Å². The van der Waals surface area contributed by atoms with Crippen LogP contribution in [0.3, 0.4) is 0 Å². The van der Waals surface area contributed by atoms with Gasteiger partial charge in [-0.05, 0) is 19.8 Å². The van der Waals surface area contributed by atoms with Gasteiger partial charge in [-0.3, -0.25) is 19.0 Å². The van der Waals surface area contributed by atoms with E-state index in [-0.39, 0.29) is 29.4 Å². The van der Waals surface area contributed by atoms with Gasteiger partial charge in [0.15, 0.2) is 23.6 Å². The van der Waals surface area contributed by atoms with Crippen molar-refractivity contribution in [1.29, 1.82) is 0 Å². The number of carbonyl (C=O) groups is 3. The fourth-order valence-corrected chi connectivity index (χ4v) is 4.32. The number of esters is 3. The SMILES string of the molecule is CC(=O)OCC1=C(OC(C)=O)C(OC(C)=O)(n2cnc3c(=S)nc(NCCCCCCNC(C)=S)[nH]c32)CO1. The minimum absolute atomic E-state index is 0.0189. The number of rotatable bonds is 13. The molecule has 0 saturated heterocycles. The number of fused-ring (bicyclic) bond motifs is 1. The number of carbonyl (C=O) groups excluding carboxylic acids is 3. The fraction of sp³-hybridized carbons (Fsp3) is 0.542. The predicted molar refractivity (Wildman–Crippen MR) is 147 cm³/mol. The van der Waals surface area contributed by atoms with E-state index in [1.807, 2.05) is 6.92 Å². The summed E-state index contributed by atoms with van der Waals surface area (Å²) in [6, 6.07) is 0. The van der Waals surface area contributed by atoms with Crippen molar-refractivity contribution in [3.05, 3.63) is 22.5 Å². The molecule has 3 heterocycles. The molecule has 1 atom stereocenters. The first-order chi connectivity index (χ1) is 18.5. The lowest BCUT2D eigenvalue weighted by Crippen LogP contribution is -2.42. The van der Waals surface area contributed by atoms with Crippen molar-refractivity contribution in [2.45, 2.75) is 59.1 Å². The highest BCUT2D eigenvalue weighted by Crippen LogP contribution is 2.40. The second-order valence-corrected chi connectivity index (χ2v) is 9.82. The van der Waals surface area contributed by atoms with E-state index >= 15 is 0 Å². The van der Waals surface area contributed by atoms with E-state index in [0.29, 0.717) is 23.7 Å². The fourth-order valence-electron chi connectivity index (χ4n) is 3.98. The molecular weight excluding hydrogens is 548 g/mol. The second-order valence-electron chi connectivity index (χ2n) is 8.82. The lowest BCUT2D eigenvalue weighted by atomic mass is 10.1. The van der Waals surface area contributed by atoms with Crippen molar-refractivity contribution in [2.24, 2.45) is 0 Å². The van der Waals surface area contributed by atoms with Gasteiger partial charge in [0.05, 0.1) is 4.99 Å². The highest BCUT2D eigenvalue weighted by atomic mass is 32.1. The minimum Gasteiger partial charge on any atom is -0.484 e. The minimum atomic E-state index is -1.77. The van der Waals surface area contributed by atoms with Gasteiger partial charge in [-0.25, -0.2) is 9.97 Å². The Bertz CT molecular complexity index is 1340. The Kier molecular flexibility index (Phi) is 10.3. The third-order valence-electron chi connectivity index (χ3n) is 5.59. The first-order valence-electron chi connectivity index (χ1n) is 12.4. The van der Waals surface area contributed by atoms with Crippen LogP contribution in [-0.2, 0) is 39.1 Å². The van der Waals surface area contributed by atoms with Crippen LogP contribution >= 0.6 is 24.4 Å². The largest absolute Gasteiger partial charge is 0.484 e. The van der Waals surface area contributed by atoms with Gasteiger partial charge in [0, 0.05) is 33.9 Å². The number of unbranched alkanes of at least 4 members (excludes halogenated alkanes) is 3. The predicted octanol–water partition coefficient (Wildman–Crippen LogP) is 2.98. The molecule has 15 heteroatoms. The molecule has 212 valence electrons. The summed E-state index contributed by atoms with van der Waals surface area (Å²) in [5.41, 5.74) is -1.09. The van der Waals surface area contributed by atoms with E-state index in [4.69, 9.17) is 43.4 Å². The molecule has 0 aromatic carbocycles. The summed E-state index contributed by atoms with van der Waals surface area (Å²) < 4.78 is 23.6. The maximum Gasteiger partial charge on any atom is 0.308 e. The molecule has 0 amide bonds. The van der Waals surface area contributed by atoms with Gasteiger partial charge in [0.1, 0.15) is 17.5 Å². The van der Waals surface area contributed by atoms with E-state index in [2.05, 4.69) is 25.6 Å². The van der Waals surface area contributed by atoms with E-state index in [1.54, 1.807) is 0 Å². The molecule has 39 heavy (non-hydrogen) atoms. The van der Waals surface area contributed by atoms with Crippen molar-refractivity contribution in [3.63, 3.8) is 0 Å². The van der Waals surface area contributed by atoms with Crippen LogP contribution in [-0.4, -0.2) is 68.7 Å². The summed E-state index contributed by atoms with van der Waals surface area (Å²) in [7, 11) is 0. The number of hydrogen-bond donors (Lipinski definition) is 3. The summed E-state index contributed by atoms with van der Waals surface area (Å²) >= 11 is 10.5. The number of ether oxygens (including phenoxy) is 4. The number of imidazole rings is 1. The number of aromatic nitrogens is 4. The summed E-state index contributed by atoms with van der Waals surface area (Å²) in [6.45, 7) is 6.37. The zero-order valence-corrected chi connectivity index (χ0v) is 23.9. The van der Waals surface area contributed by atoms with E-state index in [1.165, 1.54) is 31.7 Å². The van der Waals surface area contributed by atoms with E-state index in [0.717, 1.165) is 37.2 Å². The van der Waals surface area contributed by atoms with Crippen LogP contribution < -0.4 is 10.6 Å². The maximum atomic E-state index is 12.3. The highest BCUT2D eigenvalue weighted by Gasteiger charge is 2.52. The van der Waals surface area contributed by atoms with Crippen molar-refractivity contribution in [2.75, 3.05) is 31.6 Å². The van der Waals surface area contributed by atoms with Crippen molar-refractivity contribution in [3.8, 4) is 0 Å². The molecule has 1 unspecified atom stereocenters. The Balaban J connectivity index is 1.89. The van der Waals surface area contributed by atoms with Gasteiger partial charge in [0.2, 0.25) is 11.7 Å². The smallest absolute Gasteiger partial charge is 0.308 e. The van der Waals surface area contributed by atoms with Crippen molar-refractivity contribution >= 4 is 64.4 Å². The van der Waals surface area contributed by atoms with Gasteiger partial charge < -0.3 is 34.6 Å². The zero-order valence-electron chi connectivity index (χ0n) is 22.3. The Morgan fingerprint density at radius 1 is 1.10 bits per heavy atom. The normalized spacial score (nSPS) is 16.5. The van der Waals surface area contributed by atoms with Crippen LogP contribution in [0.15, 0.2) is 17.8 Å². The third-order valence-corrected chi connectivity index (χ3v) is 6.02. The zero-order chi connectivity index (χ0) is 28.6. The van der Waals surface area contributed by atoms with E-state index in [9.17, 15) is 14.4 Å². The Morgan fingerprint density at radius 3 is 2.46 bits per heavy atom. The highest BCUT2D eigenvalue weighted by molar-refractivity contribution is 7.80. The lowest BCUT2D eigenvalue weighted by Gasteiger charge is -2.30. The standard InChI is InChI=1S/C24H32N6O7S2/c1-14(38)25-9-7-5-6-8-10-26-23-28-21-19(22(39)29-23)27-13-30(21)24(37-17(4)33)12-35-18(11-34-15(2)31)20(24)36-16(3)32/h13H,5-12H2,1-4H3,(H,25,38)(H2,26,28,29,39). The molecule has 0 bridgehead atoms. The number of thiocarbonyl (C=S) groups is 1. The summed E-state index contributed by atoms with van der Waals surface area (Å²) in [5.74, 6) is -1.68. The van der Waals surface area contributed by atoms with Gasteiger partial charge in [-0.2, -0.15) is 0 Å². The van der Waals surface area contributed by atoms with Crippen LogP contribution in [0.25, 0.3) is 11.2 Å².